The molecule has 1 aromatic heterocycles. The van der Waals surface area contributed by atoms with Crippen LogP contribution in [0.3, 0.4) is 0 Å². The first kappa shape index (κ1) is 20.6. The van der Waals surface area contributed by atoms with Crippen LogP contribution in [0, 0.1) is 0 Å². The molecular weight excluding hydrogens is 360 g/mol. The molecule has 0 saturated heterocycles. The van der Waals surface area contributed by atoms with Crippen molar-refractivity contribution in [3.8, 4) is 5.75 Å². The predicted molar refractivity (Wildman–Crippen MR) is 120 cm³/mol. The van der Waals surface area contributed by atoms with Crippen LogP contribution in [-0.2, 0) is 0 Å². The lowest BCUT2D eigenvalue weighted by Crippen LogP contribution is -2.26. The first-order chi connectivity index (χ1) is 14.2. The molecule has 0 N–H and O–H groups in total. The molecule has 0 unspecified atom stereocenters. The number of pyridine rings is 1. The minimum Gasteiger partial charge on any atom is -0.489 e. The topological polar surface area (TPSA) is 42.4 Å². The number of allylic oxidation sites excluding steroid dienone is 1. The zero-order chi connectivity index (χ0) is 20.5. The molecule has 0 atom stereocenters. The Balaban J connectivity index is 1.63. The molecule has 2 aromatic carbocycles. The van der Waals surface area contributed by atoms with E-state index in [9.17, 15) is 4.79 Å². The number of unbranched alkanes of at least 4 members (excludes halogenated alkanes) is 3. The Hall–Kier alpha value is -3.14. The van der Waals surface area contributed by atoms with Crippen LogP contribution in [0.5, 0.6) is 5.75 Å². The monoisotopic (exact) mass is 388 g/mol. The van der Waals surface area contributed by atoms with E-state index in [0.717, 1.165) is 28.8 Å². The molecule has 3 rings (SSSR count). The van der Waals surface area contributed by atoms with Crippen LogP contribution in [0.15, 0.2) is 72.9 Å². The fourth-order valence-corrected chi connectivity index (χ4v) is 3.14. The third-order valence-corrected chi connectivity index (χ3v) is 4.85. The minimum absolute atomic E-state index is 0.0660. The number of hydrogen-bond donors (Lipinski definition) is 0. The second kappa shape index (κ2) is 10.4. The zero-order valence-corrected chi connectivity index (χ0v) is 17.2. The average Bonchev–Trinajstić information content (AvgIpc) is 2.77. The normalized spacial score (nSPS) is 11.1. The second-order valence-corrected chi connectivity index (χ2v) is 7.05. The third kappa shape index (κ3) is 5.67. The lowest BCUT2D eigenvalue weighted by molar-refractivity contribution is 0.0993. The van der Waals surface area contributed by atoms with Gasteiger partial charge in [0.2, 0.25) is 0 Å². The van der Waals surface area contributed by atoms with Crippen LogP contribution in [0.25, 0.3) is 10.9 Å². The largest absolute Gasteiger partial charge is 0.489 e. The van der Waals surface area contributed by atoms with Crippen LogP contribution >= 0.6 is 0 Å². The third-order valence-electron chi connectivity index (χ3n) is 4.85. The smallest absolute Gasteiger partial charge is 0.258 e. The number of ether oxygens (including phenoxy) is 1. The quantitative estimate of drug-likeness (QED) is 0.332. The maximum Gasteiger partial charge on any atom is 0.258 e. The van der Waals surface area contributed by atoms with Crippen LogP contribution in [-0.4, -0.2) is 24.5 Å². The van der Waals surface area contributed by atoms with E-state index in [1.807, 2.05) is 54.6 Å². The summed E-state index contributed by atoms with van der Waals surface area (Å²) in [6, 6.07) is 17.0. The van der Waals surface area contributed by atoms with Crippen molar-refractivity contribution in [2.45, 2.75) is 32.6 Å². The van der Waals surface area contributed by atoms with E-state index >= 15 is 0 Å². The van der Waals surface area contributed by atoms with Gasteiger partial charge in [0.25, 0.3) is 5.91 Å². The van der Waals surface area contributed by atoms with Crippen molar-refractivity contribution in [3.63, 3.8) is 0 Å². The number of amides is 1. The number of hydrogen-bond acceptors (Lipinski definition) is 3. The van der Waals surface area contributed by atoms with Crippen LogP contribution < -0.4 is 9.64 Å². The fraction of sp³-hybridized carbons (Fsp3) is 0.280. The van der Waals surface area contributed by atoms with Crippen LogP contribution in [0.4, 0.5) is 5.69 Å². The van der Waals surface area contributed by atoms with E-state index in [1.54, 1.807) is 18.1 Å². The van der Waals surface area contributed by atoms with Crippen molar-refractivity contribution in [2.24, 2.45) is 0 Å². The molecule has 4 nitrogen and oxygen atoms in total. The number of carbonyl (C=O) groups excluding carboxylic acids is 1. The van der Waals surface area contributed by atoms with Crippen molar-refractivity contribution in [3.05, 3.63) is 78.5 Å². The lowest BCUT2D eigenvalue weighted by atomic mass is 10.1. The summed E-state index contributed by atoms with van der Waals surface area (Å²) in [6.45, 7) is 2.74. The Morgan fingerprint density at radius 2 is 1.97 bits per heavy atom. The second-order valence-electron chi connectivity index (χ2n) is 7.05. The molecule has 29 heavy (non-hydrogen) atoms. The van der Waals surface area contributed by atoms with Crippen molar-refractivity contribution in [2.75, 3.05) is 18.6 Å². The average molecular weight is 389 g/mol. The van der Waals surface area contributed by atoms with Crippen molar-refractivity contribution in [1.29, 1.82) is 0 Å². The van der Waals surface area contributed by atoms with E-state index in [2.05, 4.69) is 24.1 Å². The summed E-state index contributed by atoms with van der Waals surface area (Å²) >= 11 is 0. The van der Waals surface area contributed by atoms with Gasteiger partial charge >= 0.3 is 0 Å². The summed E-state index contributed by atoms with van der Waals surface area (Å²) in [6.07, 6.45) is 10.8. The summed E-state index contributed by atoms with van der Waals surface area (Å²) in [5.41, 5.74) is 2.31. The molecule has 150 valence electrons. The predicted octanol–water partition coefficient (Wildman–Crippen LogP) is 6.03. The summed E-state index contributed by atoms with van der Waals surface area (Å²) in [7, 11) is 1.78. The molecule has 0 fully saturated rings. The Labute approximate surface area is 172 Å². The maximum atomic E-state index is 12.9. The molecule has 0 radical (unpaired) electrons. The van der Waals surface area contributed by atoms with Crippen molar-refractivity contribution in [1.82, 2.24) is 4.98 Å². The first-order valence-corrected chi connectivity index (χ1v) is 10.2. The van der Waals surface area contributed by atoms with Crippen molar-refractivity contribution >= 4 is 22.5 Å². The van der Waals surface area contributed by atoms with Gasteiger partial charge in [0.05, 0.1) is 5.52 Å². The highest BCUT2D eigenvalue weighted by molar-refractivity contribution is 6.07. The van der Waals surface area contributed by atoms with E-state index in [1.165, 1.54) is 19.3 Å². The first-order valence-electron chi connectivity index (χ1n) is 10.2. The molecule has 0 bridgehead atoms. The number of carbonyl (C=O) groups is 1. The Morgan fingerprint density at radius 1 is 1.07 bits per heavy atom. The number of nitrogens with zero attached hydrogens (tertiary/aromatic N) is 2. The van der Waals surface area contributed by atoms with Gasteiger partial charge in [0.15, 0.2) is 0 Å². The number of fused-ring (bicyclic) bond motifs is 1. The highest BCUT2D eigenvalue weighted by Crippen LogP contribution is 2.23. The molecular formula is C25H28N2O2. The number of anilines is 1. The van der Waals surface area contributed by atoms with E-state index < -0.39 is 0 Å². The minimum atomic E-state index is -0.0660. The Bertz CT molecular complexity index is 981. The van der Waals surface area contributed by atoms with Gasteiger partial charge in [-0.1, -0.05) is 44.1 Å². The number of benzene rings is 2. The van der Waals surface area contributed by atoms with E-state index in [0.29, 0.717) is 12.2 Å². The fourth-order valence-electron chi connectivity index (χ4n) is 3.14. The molecule has 0 aliphatic rings. The molecule has 0 aliphatic carbocycles. The van der Waals surface area contributed by atoms with E-state index in [-0.39, 0.29) is 5.91 Å². The maximum absolute atomic E-state index is 12.9. The molecule has 1 amide bonds. The van der Waals surface area contributed by atoms with Crippen LogP contribution in [0.2, 0.25) is 0 Å². The Morgan fingerprint density at radius 3 is 2.83 bits per heavy atom. The van der Waals surface area contributed by atoms with Gasteiger partial charge in [-0.2, -0.15) is 0 Å². The lowest BCUT2D eigenvalue weighted by Gasteiger charge is -2.18. The van der Waals surface area contributed by atoms with Gasteiger partial charge in [-0.15, -0.1) is 0 Å². The molecule has 0 spiro atoms. The van der Waals surface area contributed by atoms with E-state index in [4.69, 9.17) is 4.74 Å². The molecule has 3 aromatic rings. The van der Waals surface area contributed by atoms with Gasteiger partial charge in [-0.05, 0) is 49.2 Å². The standard InChI is InChI=1S/C25H28N2O2/c1-3-4-5-6-7-8-17-29-23-13-9-12-22(19-23)27(2)25(28)21-14-15-24-20(18-21)11-10-16-26-24/h7-16,18-19H,3-6,17H2,1-2H3. The van der Waals surface area contributed by atoms with Crippen molar-refractivity contribution < 1.29 is 9.53 Å². The Kier molecular flexibility index (Phi) is 7.40. The summed E-state index contributed by atoms with van der Waals surface area (Å²) in [5.74, 6) is 0.687. The highest BCUT2D eigenvalue weighted by atomic mass is 16.5. The van der Waals surface area contributed by atoms with Gasteiger partial charge < -0.3 is 9.64 Å². The van der Waals surface area contributed by atoms with Crippen LogP contribution in [0.1, 0.15) is 43.0 Å². The van der Waals surface area contributed by atoms with Gasteiger partial charge in [0, 0.05) is 35.9 Å². The van der Waals surface area contributed by atoms with Gasteiger partial charge in [-0.3, -0.25) is 9.78 Å². The number of rotatable bonds is 9. The highest BCUT2D eigenvalue weighted by Gasteiger charge is 2.14. The molecule has 1 heterocycles. The zero-order valence-electron chi connectivity index (χ0n) is 17.2. The summed E-state index contributed by atoms with van der Waals surface area (Å²) < 4.78 is 5.81. The molecule has 0 aliphatic heterocycles. The molecule has 4 heteroatoms. The summed E-state index contributed by atoms with van der Waals surface area (Å²) in [5, 5.41) is 0.953. The molecule has 0 saturated carbocycles. The van der Waals surface area contributed by atoms with Gasteiger partial charge in [-0.25, -0.2) is 0 Å². The van der Waals surface area contributed by atoms with Gasteiger partial charge in [0.1, 0.15) is 12.4 Å². The summed E-state index contributed by atoms with van der Waals surface area (Å²) in [4.78, 5) is 18.9. The SMILES string of the molecule is CCCCCC=CCOc1cccc(N(C)C(=O)c2ccc3ncccc3c2)c1. The number of aromatic nitrogens is 1.